The molecular formula is C26H30F3N5OS. The summed E-state index contributed by atoms with van der Waals surface area (Å²) < 4.78 is 43.2. The molecule has 0 aromatic carbocycles. The monoisotopic (exact) mass is 517 g/mol. The van der Waals surface area contributed by atoms with E-state index in [1.165, 1.54) is 22.2 Å². The van der Waals surface area contributed by atoms with Crippen molar-refractivity contribution in [2.24, 2.45) is 0 Å². The fraction of sp³-hybridized carbons (Fsp3) is 0.500. The number of aryl methyl sites for hydroxylation is 1. The van der Waals surface area contributed by atoms with Gasteiger partial charge >= 0.3 is 6.18 Å². The van der Waals surface area contributed by atoms with Crippen LogP contribution in [0.5, 0.6) is 0 Å². The summed E-state index contributed by atoms with van der Waals surface area (Å²) in [7, 11) is 3.83. The number of likely N-dealkylation sites (N-methyl/N-ethyl adjacent to an activating group) is 1. The Morgan fingerprint density at radius 3 is 2.75 bits per heavy atom. The van der Waals surface area contributed by atoms with Gasteiger partial charge in [0.05, 0.1) is 6.54 Å². The van der Waals surface area contributed by atoms with E-state index in [0.29, 0.717) is 49.5 Å². The molecule has 0 radical (unpaired) electrons. The first-order valence-corrected chi connectivity index (χ1v) is 12.9. The number of carbonyl (C=O) groups excluding carboxylic acids is 1. The lowest BCUT2D eigenvalue weighted by molar-refractivity contribution is -0.141. The Hall–Kier alpha value is -2.90. The second-order valence-corrected chi connectivity index (χ2v) is 10.6. The van der Waals surface area contributed by atoms with Crippen molar-refractivity contribution in [1.29, 1.82) is 5.26 Å². The fourth-order valence-electron chi connectivity index (χ4n) is 5.04. The van der Waals surface area contributed by atoms with Gasteiger partial charge in [0.25, 0.3) is 0 Å². The summed E-state index contributed by atoms with van der Waals surface area (Å²) in [6, 6.07) is 4.05. The van der Waals surface area contributed by atoms with Gasteiger partial charge in [0.15, 0.2) is 5.69 Å². The molecule has 1 atom stereocenters. The van der Waals surface area contributed by atoms with Crippen molar-refractivity contribution in [3.8, 4) is 6.07 Å². The van der Waals surface area contributed by atoms with Crippen molar-refractivity contribution in [2.45, 2.75) is 57.8 Å². The Kier molecular flexibility index (Phi) is 7.71. The van der Waals surface area contributed by atoms with Crippen molar-refractivity contribution in [3.63, 3.8) is 0 Å². The first-order chi connectivity index (χ1) is 17.1. The summed E-state index contributed by atoms with van der Waals surface area (Å²) in [5.74, 6) is -0.383. The fourth-order valence-corrected chi connectivity index (χ4v) is 6.08. The zero-order chi connectivity index (χ0) is 26.0. The van der Waals surface area contributed by atoms with Gasteiger partial charge in [-0.3, -0.25) is 9.48 Å². The van der Waals surface area contributed by atoms with Gasteiger partial charge in [0.1, 0.15) is 10.9 Å². The van der Waals surface area contributed by atoms with Crippen LogP contribution in [0.15, 0.2) is 30.0 Å². The van der Waals surface area contributed by atoms with Crippen LogP contribution < -0.4 is 0 Å². The zero-order valence-electron chi connectivity index (χ0n) is 20.7. The second-order valence-electron chi connectivity index (χ2n) is 9.49. The van der Waals surface area contributed by atoms with Crippen molar-refractivity contribution in [1.82, 2.24) is 19.6 Å². The molecule has 192 valence electrons. The number of rotatable bonds is 6. The molecule has 0 unspecified atom stereocenters. The Morgan fingerprint density at radius 1 is 1.33 bits per heavy atom. The van der Waals surface area contributed by atoms with Crippen LogP contribution in [0.2, 0.25) is 0 Å². The Labute approximate surface area is 213 Å². The number of fused-ring (bicyclic) bond motifs is 1. The summed E-state index contributed by atoms with van der Waals surface area (Å²) in [5, 5.41) is 13.4. The molecule has 6 nitrogen and oxygen atoms in total. The van der Waals surface area contributed by atoms with Crippen molar-refractivity contribution in [3.05, 3.63) is 56.6 Å². The number of amides is 1. The highest BCUT2D eigenvalue weighted by atomic mass is 32.1. The third-order valence-electron chi connectivity index (χ3n) is 6.72. The molecule has 1 amide bonds. The van der Waals surface area contributed by atoms with Gasteiger partial charge in [-0.2, -0.15) is 23.5 Å². The number of carbonyl (C=O) groups is 1. The molecule has 2 aliphatic rings. The summed E-state index contributed by atoms with van der Waals surface area (Å²) in [4.78, 5) is 18.2. The van der Waals surface area contributed by atoms with Gasteiger partial charge in [-0.25, -0.2) is 0 Å². The maximum absolute atomic E-state index is 14.0. The van der Waals surface area contributed by atoms with Crippen LogP contribution in [0.25, 0.3) is 5.57 Å². The number of nitrogens with zero attached hydrogens (tertiary/aromatic N) is 5. The summed E-state index contributed by atoms with van der Waals surface area (Å²) in [5.41, 5.74) is 1.87. The highest BCUT2D eigenvalue weighted by molar-refractivity contribution is 7.12. The number of aromatic nitrogens is 2. The van der Waals surface area contributed by atoms with Crippen molar-refractivity contribution in [2.75, 3.05) is 27.2 Å². The molecule has 2 aromatic rings. The predicted molar refractivity (Wildman–Crippen MR) is 133 cm³/mol. The Balaban J connectivity index is 1.80. The van der Waals surface area contributed by atoms with Crippen LogP contribution in [0.3, 0.4) is 0 Å². The number of halogens is 3. The normalized spacial score (nSPS) is 18.7. The van der Waals surface area contributed by atoms with Gasteiger partial charge in [0.2, 0.25) is 5.91 Å². The first kappa shape index (κ1) is 26.2. The summed E-state index contributed by atoms with van der Waals surface area (Å²) >= 11 is 1.36. The first-order valence-electron chi connectivity index (χ1n) is 12.1. The third kappa shape index (κ3) is 5.42. The standard InChI is InChI=1S/C26H30F3N5OS/c1-4-34-15-22(25(31-34)26(27,28)29)19-9-6-5-8-18(19)21-14-33(24(35)10-7-11-32(2)3)16-23-20(21)12-17(13-30)36-23/h7,10,12,15,21H,4-6,8-9,11,14,16H2,1-3H3/b10-7+/t21-/m0/s1. The minimum absolute atomic E-state index is 0.132. The van der Waals surface area contributed by atoms with E-state index in [-0.39, 0.29) is 17.4 Å². The van der Waals surface area contributed by atoms with Gasteiger partial charge in [-0.05, 0) is 63.9 Å². The third-order valence-corrected chi connectivity index (χ3v) is 7.76. The Morgan fingerprint density at radius 2 is 2.08 bits per heavy atom. The van der Waals surface area contributed by atoms with E-state index in [2.05, 4.69) is 11.2 Å². The zero-order valence-corrected chi connectivity index (χ0v) is 21.5. The van der Waals surface area contributed by atoms with Crippen LogP contribution in [-0.4, -0.2) is 52.7 Å². The van der Waals surface area contributed by atoms with Crippen LogP contribution in [-0.2, 0) is 24.1 Å². The number of alkyl halides is 3. The Bertz CT molecular complexity index is 1230. The molecule has 1 aliphatic carbocycles. The number of allylic oxidation sites excluding steroid dienone is 1. The molecule has 3 heterocycles. The van der Waals surface area contributed by atoms with E-state index in [1.807, 2.05) is 31.1 Å². The minimum Gasteiger partial charge on any atom is -0.333 e. The molecule has 0 fully saturated rings. The molecule has 1 aliphatic heterocycles. The van der Waals surface area contributed by atoms with E-state index in [0.717, 1.165) is 28.9 Å². The van der Waals surface area contributed by atoms with Crippen LogP contribution in [0.1, 0.15) is 65.1 Å². The van der Waals surface area contributed by atoms with Crippen LogP contribution >= 0.6 is 11.3 Å². The molecule has 0 N–H and O–H groups in total. The molecule has 36 heavy (non-hydrogen) atoms. The lowest BCUT2D eigenvalue weighted by Gasteiger charge is -2.36. The average molecular weight is 518 g/mol. The van der Waals surface area contributed by atoms with E-state index in [9.17, 15) is 23.2 Å². The molecule has 0 saturated carbocycles. The maximum Gasteiger partial charge on any atom is 0.435 e. The summed E-state index contributed by atoms with van der Waals surface area (Å²) in [6.07, 6.45) is 3.19. The number of thiophene rings is 1. The molecule has 0 saturated heterocycles. The van der Waals surface area contributed by atoms with Gasteiger partial charge in [0, 0.05) is 48.3 Å². The highest BCUT2D eigenvalue weighted by Crippen LogP contribution is 2.47. The average Bonchev–Trinajstić information content (AvgIpc) is 3.47. The van der Waals surface area contributed by atoms with Crippen LogP contribution in [0, 0.1) is 11.3 Å². The molecule has 10 heteroatoms. The largest absolute Gasteiger partial charge is 0.435 e. The molecule has 0 bridgehead atoms. The second kappa shape index (κ2) is 10.6. The number of nitriles is 1. The van der Waals surface area contributed by atoms with Gasteiger partial charge in [-0.1, -0.05) is 11.6 Å². The quantitative estimate of drug-likeness (QED) is 0.480. The van der Waals surface area contributed by atoms with E-state index >= 15 is 0 Å². The smallest absolute Gasteiger partial charge is 0.333 e. The van der Waals surface area contributed by atoms with Crippen LogP contribution in [0.4, 0.5) is 13.2 Å². The van der Waals surface area contributed by atoms with E-state index < -0.39 is 11.9 Å². The van der Waals surface area contributed by atoms with Crippen molar-refractivity contribution >= 4 is 22.8 Å². The van der Waals surface area contributed by atoms with Gasteiger partial charge in [-0.15, -0.1) is 11.3 Å². The lowest BCUT2D eigenvalue weighted by Crippen LogP contribution is -2.37. The van der Waals surface area contributed by atoms with Crippen molar-refractivity contribution < 1.29 is 18.0 Å². The molecule has 0 spiro atoms. The lowest BCUT2D eigenvalue weighted by atomic mass is 9.77. The molecule has 2 aromatic heterocycles. The van der Waals surface area contributed by atoms with E-state index in [1.54, 1.807) is 17.9 Å². The SMILES string of the molecule is CCn1cc(C2=C([C@@H]3CN(C(=O)/C=C/CN(C)C)Cc4sc(C#N)cc43)CCCC2)c(C(F)(F)F)n1. The highest BCUT2D eigenvalue weighted by Gasteiger charge is 2.40. The molecular weight excluding hydrogens is 487 g/mol. The predicted octanol–water partition coefficient (Wildman–Crippen LogP) is 5.43. The number of hydrogen-bond acceptors (Lipinski definition) is 5. The summed E-state index contributed by atoms with van der Waals surface area (Å²) in [6.45, 7) is 3.51. The topological polar surface area (TPSA) is 65.2 Å². The molecule has 4 rings (SSSR count). The van der Waals surface area contributed by atoms with Gasteiger partial charge < -0.3 is 9.80 Å². The number of hydrogen-bond donors (Lipinski definition) is 0. The minimum atomic E-state index is -4.56. The maximum atomic E-state index is 14.0. The van der Waals surface area contributed by atoms with E-state index in [4.69, 9.17) is 0 Å².